The smallest absolute Gasteiger partial charge is 0.131 e. The van der Waals surface area contributed by atoms with Crippen LogP contribution in [0.15, 0.2) is 23.4 Å². The van der Waals surface area contributed by atoms with Gasteiger partial charge in [-0.15, -0.1) is 0 Å². The summed E-state index contributed by atoms with van der Waals surface area (Å²) in [6.07, 6.45) is 3.97. The molecule has 4 nitrogen and oxygen atoms in total. The van der Waals surface area contributed by atoms with Gasteiger partial charge in [-0.3, -0.25) is 0 Å². The molecule has 1 aromatic carbocycles. The Kier molecular flexibility index (Phi) is 4.95. The van der Waals surface area contributed by atoms with Crippen LogP contribution in [0, 0.1) is 5.82 Å². The zero-order valence-electron chi connectivity index (χ0n) is 11.8. The van der Waals surface area contributed by atoms with E-state index in [2.05, 4.69) is 5.16 Å². The topological polar surface area (TPSA) is 51.0 Å². The van der Waals surface area contributed by atoms with Gasteiger partial charge in [-0.2, -0.15) is 0 Å². The highest BCUT2D eigenvalue weighted by molar-refractivity contribution is 6.00. The molecule has 0 spiro atoms. The zero-order chi connectivity index (χ0) is 14.5. The van der Waals surface area contributed by atoms with Gasteiger partial charge in [0.25, 0.3) is 0 Å². The Morgan fingerprint density at radius 3 is 2.80 bits per heavy atom. The predicted molar refractivity (Wildman–Crippen MR) is 74.1 cm³/mol. The lowest BCUT2D eigenvalue weighted by Gasteiger charge is -2.29. The molecule has 1 aliphatic carbocycles. The molecule has 110 valence electrons. The fourth-order valence-corrected chi connectivity index (χ4v) is 2.55. The average molecular weight is 281 g/mol. The third kappa shape index (κ3) is 3.48. The molecule has 2 unspecified atom stereocenters. The number of rotatable bonds is 4. The average Bonchev–Trinajstić information content (AvgIpc) is 2.47. The largest absolute Gasteiger partial charge is 0.490 e. The summed E-state index contributed by atoms with van der Waals surface area (Å²) in [4.78, 5) is 0. The molecule has 0 aromatic heterocycles. The van der Waals surface area contributed by atoms with E-state index < -0.39 is 0 Å². The first-order valence-corrected chi connectivity index (χ1v) is 6.82. The van der Waals surface area contributed by atoms with Gasteiger partial charge in [0, 0.05) is 25.2 Å². The van der Waals surface area contributed by atoms with Crippen LogP contribution in [0.25, 0.3) is 0 Å². The molecule has 1 aliphatic rings. The van der Waals surface area contributed by atoms with E-state index in [0.29, 0.717) is 17.0 Å². The Morgan fingerprint density at radius 1 is 1.35 bits per heavy atom. The number of halogens is 1. The molecule has 2 rings (SSSR count). The Bertz CT molecular complexity index is 490. The quantitative estimate of drug-likeness (QED) is 0.523. The second-order valence-corrected chi connectivity index (χ2v) is 5.09. The number of hydrogen-bond acceptors (Lipinski definition) is 4. The first-order valence-electron chi connectivity index (χ1n) is 6.82. The summed E-state index contributed by atoms with van der Waals surface area (Å²) >= 11 is 0. The van der Waals surface area contributed by atoms with Crippen LogP contribution >= 0.6 is 0 Å². The maximum Gasteiger partial charge on any atom is 0.131 e. The molecule has 0 aliphatic heterocycles. The van der Waals surface area contributed by atoms with Crippen LogP contribution in [0.4, 0.5) is 4.39 Å². The number of oxime groups is 1. The van der Waals surface area contributed by atoms with Gasteiger partial charge >= 0.3 is 0 Å². The molecule has 0 heterocycles. The number of ether oxygens (including phenoxy) is 2. The second kappa shape index (κ2) is 6.70. The number of methoxy groups -OCH3 is 1. The van der Waals surface area contributed by atoms with Gasteiger partial charge in [0.15, 0.2) is 0 Å². The van der Waals surface area contributed by atoms with Gasteiger partial charge in [-0.05, 0) is 38.3 Å². The van der Waals surface area contributed by atoms with Gasteiger partial charge in [0.1, 0.15) is 17.7 Å². The number of hydrogen-bond donors (Lipinski definition) is 1. The number of benzene rings is 1. The Hall–Kier alpha value is -1.62. The van der Waals surface area contributed by atoms with Gasteiger partial charge in [0.2, 0.25) is 0 Å². The third-order valence-corrected chi connectivity index (χ3v) is 3.69. The second-order valence-electron chi connectivity index (χ2n) is 5.09. The van der Waals surface area contributed by atoms with Crippen molar-refractivity contribution < 1.29 is 19.1 Å². The minimum Gasteiger partial charge on any atom is -0.490 e. The van der Waals surface area contributed by atoms with E-state index in [-0.39, 0.29) is 18.0 Å². The molecule has 1 N–H and O–H groups in total. The van der Waals surface area contributed by atoms with Crippen molar-refractivity contribution in [3.8, 4) is 5.75 Å². The summed E-state index contributed by atoms with van der Waals surface area (Å²) in [6, 6.07) is 4.23. The highest BCUT2D eigenvalue weighted by Crippen LogP contribution is 2.28. The van der Waals surface area contributed by atoms with Crippen molar-refractivity contribution in [2.24, 2.45) is 5.16 Å². The minimum absolute atomic E-state index is 0.000688. The minimum atomic E-state index is -0.367. The molecule has 2 atom stereocenters. The van der Waals surface area contributed by atoms with Crippen molar-refractivity contribution in [1.82, 2.24) is 0 Å². The molecular weight excluding hydrogens is 261 g/mol. The number of nitrogens with zero attached hydrogens (tertiary/aromatic N) is 1. The standard InChI is InChI=1S/C15H20FNO3/c1-10(17-18)14-7-6-11(16)8-15(14)20-13-5-3-4-12(9-13)19-2/h6-8,12-13,18H,3-5,9H2,1-2H3. The lowest BCUT2D eigenvalue weighted by molar-refractivity contribution is 0.0208. The molecule has 5 heteroatoms. The Balaban J connectivity index is 2.17. The zero-order valence-corrected chi connectivity index (χ0v) is 11.8. The van der Waals surface area contributed by atoms with Crippen molar-refractivity contribution in [2.45, 2.75) is 44.8 Å². The Morgan fingerprint density at radius 2 is 2.10 bits per heavy atom. The maximum absolute atomic E-state index is 13.4. The Labute approximate surface area is 118 Å². The van der Waals surface area contributed by atoms with Gasteiger partial charge in [-0.25, -0.2) is 4.39 Å². The molecule has 0 amide bonds. The molecule has 1 fully saturated rings. The fraction of sp³-hybridized carbons (Fsp3) is 0.533. The summed E-state index contributed by atoms with van der Waals surface area (Å²) in [7, 11) is 1.70. The van der Waals surface area contributed by atoms with Crippen LogP contribution in [-0.2, 0) is 4.74 Å². The highest BCUT2D eigenvalue weighted by Gasteiger charge is 2.24. The third-order valence-electron chi connectivity index (χ3n) is 3.69. The monoisotopic (exact) mass is 281 g/mol. The summed E-state index contributed by atoms with van der Waals surface area (Å²) in [5, 5.41) is 12.0. The summed E-state index contributed by atoms with van der Waals surface area (Å²) in [5.41, 5.74) is 1.01. The van der Waals surface area contributed by atoms with E-state index in [1.54, 1.807) is 20.1 Å². The van der Waals surface area contributed by atoms with Crippen LogP contribution < -0.4 is 4.74 Å². The predicted octanol–water partition coefficient (Wildman–Crippen LogP) is 3.36. The molecular formula is C15H20FNO3. The molecule has 0 radical (unpaired) electrons. The van der Waals surface area contributed by atoms with E-state index in [9.17, 15) is 4.39 Å². The highest BCUT2D eigenvalue weighted by atomic mass is 19.1. The van der Waals surface area contributed by atoms with Crippen LogP contribution in [0.2, 0.25) is 0 Å². The summed E-state index contributed by atoms with van der Waals surface area (Å²) in [5.74, 6) is 0.0515. The van der Waals surface area contributed by atoms with Gasteiger partial charge in [-0.1, -0.05) is 5.16 Å². The van der Waals surface area contributed by atoms with E-state index in [4.69, 9.17) is 14.7 Å². The van der Waals surface area contributed by atoms with Crippen molar-refractivity contribution in [1.29, 1.82) is 0 Å². The molecule has 0 bridgehead atoms. The van der Waals surface area contributed by atoms with Crippen LogP contribution in [0.3, 0.4) is 0 Å². The fourth-order valence-electron chi connectivity index (χ4n) is 2.55. The maximum atomic E-state index is 13.4. The molecule has 1 aromatic rings. The SMILES string of the molecule is COC1CCCC(Oc2cc(F)ccc2C(C)=NO)C1. The summed E-state index contributed by atoms with van der Waals surface area (Å²) < 4.78 is 24.7. The van der Waals surface area contributed by atoms with E-state index >= 15 is 0 Å². The van der Waals surface area contributed by atoms with Gasteiger partial charge in [0.05, 0.1) is 11.8 Å². The van der Waals surface area contributed by atoms with Gasteiger partial charge < -0.3 is 14.7 Å². The van der Waals surface area contributed by atoms with Crippen LogP contribution in [-0.4, -0.2) is 30.2 Å². The van der Waals surface area contributed by atoms with Crippen molar-refractivity contribution in [3.63, 3.8) is 0 Å². The van der Waals surface area contributed by atoms with Crippen LogP contribution in [0.1, 0.15) is 38.2 Å². The normalized spacial score (nSPS) is 23.6. The van der Waals surface area contributed by atoms with Crippen molar-refractivity contribution >= 4 is 5.71 Å². The first-order chi connectivity index (χ1) is 9.63. The lowest BCUT2D eigenvalue weighted by Crippen LogP contribution is -2.29. The van der Waals surface area contributed by atoms with Crippen molar-refractivity contribution in [3.05, 3.63) is 29.6 Å². The van der Waals surface area contributed by atoms with E-state index in [1.165, 1.54) is 12.1 Å². The van der Waals surface area contributed by atoms with Crippen LogP contribution in [0.5, 0.6) is 5.75 Å². The van der Waals surface area contributed by atoms with Crippen molar-refractivity contribution in [2.75, 3.05) is 7.11 Å². The summed E-state index contributed by atoms with van der Waals surface area (Å²) in [6.45, 7) is 1.65. The lowest BCUT2D eigenvalue weighted by atomic mass is 9.94. The van der Waals surface area contributed by atoms with E-state index in [1.807, 2.05) is 0 Å². The molecule has 0 saturated heterocycles. The molecule has 1 saturated carbocycles. The first kappa shape index (κ1) is 14.8. The van der Waals surface area contributed by atoms with E-state index in [0.717, 1.165) is 25.7 Å². The molecule has 20 heavy (non-hydrogen) atoms.